The number of nitrogens with zero attached hydrogens (tertiary/aromatic N) is 2. The molecule has 16 heavy (non-hydrogen) atoms. The van der Waals surface area contributed by atoms with Crippen molar-refractivity contribution in [3.8, 4) is 5.75 Å². The number of hydrogen-bond donors (Lipinski definition) is 0. The Hall–Kier alpha value is -1.17. The van der Waals surface area contributed by atoms with Crippen LogP contribution in [0, 0.1) is 23.0 Å². The van der Waals surface area contributed by atoms with Crippen LogP contribution in [0.5, 0.6) is 5.75 Å². The van der Waals surface area contributed by atoms with Crippen molar-refractivity contribution in [2.75, 3.05) is 11.9 Å². The van der Waals surface area contributed by atoms with Crippen LogP contribution in [0.25, 0.3) is 0 Å². The summed E-state index contributed by atoms with van der Waals surface area (Å²) in [7, 11) is 0. The van der Waals surface area contributed by atoms with E-state index >= 15 is 0 Å². The highest BCUT2D eigenvalue weighted by Gasteiger charge is 2.17. The molecule has 0 amide bonds. The fraction of sp³-hybridized carbons (Fsp3) is 0.500. The first-order valence-corrected chi connectivity index (χ1v) is 5.97. The van der Waals surface area contributed by atoms with Crippen molar-refractivity contribution in [1.29, 1.82) is 0 Å². The number of ether oxygens (including phenoxy) is 1. The van der Waals surface area contributed by atoms with Gasteiger partial charge in [-0.15, -0.1) is 0 Å². The minimum atomic E-state index is -0.527. The average Bonchev–Trinajstić information content (AvgIpc) is 2.26. The Morgan fingerprint density at radius 1 is 1.62 bits per heavy atom. The number of aryl methyl sites for hydroxylation is 1. The molecule has 1 atom stereocenters. The standard InChI is InChI=1S/C10H13BrN2O3/c1-7(5-11)6-16-9-4-3-8(2)12-10(9)13(14)15/h3-4,7H,5-6H2,1-2H3. The summed E-state index contributed by atoms with van der Waals surface area (Å²) in [6.07, 6.45) is 0. The molecule has 0 fully saturated rings. The van der Waals surface area contributed by atoms with Crippen LogP contribution in [0.2, 0.25) is 0 Å². The van der Waals surface area contributed by atoms with Crippen LogP contribution in [-0.2, 0) is 0 Å². The van der Waals surface area contributed by atoms with Gasteiger partial charge in [0.25, 0.3) is 0 Å². The quantitative estimate of drug-likeness (QED) is 0.475. The Labute approximate surface area is 102 Å². The molecule has 0 aliphatic carbocycles. The molecule has 1 heterocycles. The van der Waals surface area contributed by atoms with Gasteiger partial charge < -0.3 is 14.9 Å². The molecule has 0 aliphatic rings. The first kappa shape index (κ1) is 12.9. The van der Waals surface area contributed by atoms with Crippen molar-refractivity contribution >= 4 is 21.7 Å². The molecule has 1 unspecified atom stereocenters. The molecule has 0 N–H and O–H groups in total. The molecule has 1 aromatic rings. The lowest BCUT2D eigenvalue weighted by Crippen LogP contribution is -2.11. The van der Waals surface area contributed by atoms with E-state index in [0.717, 1.165) is 5.33 Å². The van der Waals surface area contributed by atoms with Gasteiger partial charge in [0.2, 0.25) is 5.75 Å². The normalized spacial score (nSPS) is 12.2. The number of nitro groups is 1. The van der Waals surface area contributed by atoms with Gasteiger partial charge in [-0.25, -0.2) is 0 Å². The lowest BCUT2D eigenvalue weighted by molar-refractivity contribution is -0.390. The Kier molecular flexibility index (Phi) is 4.67. The minimum Gasteiger partial charge on any atom is -0.485 e. The Morgan fingerprint density at radius 3 is 2.88 bits per heavy atom. The molecule has 1 rings (SSSR count). The molecule has 0 saturated carbocycles. The van der Waals surface area contributed by atoms with E-state index in [9.17, 15) is 10.1 Å². The molecular formula is C10H13BrN2O3. The second-order valence-electron chi connectivity index (χ2n) is 3.60. The first-order chi connectivity index (χ1) is 7.54. The summed E-state index contributed by atoms with van der Waals surface area (Å²) in [5.74, 6) is 0.297. The highest BCUT2D eigenvalue weighted by molar-refractivity contribution is 9.09. The Morgan fingerprint density at radius 2 is 2.31 bits per heavy atom. The van der Waals surface area contributed by atoms with E-state index in [4.69, 9.17) is 4.74 Å². The van der Waals surface area contributed by atoms with Crippen molar-refractivity contribution < 1.29 is 9.66 Å². The fourth-order valence-corrected chi connectivity index (χ4v) is 1.24. The number of hydrogen-bond acceptors (Lipinski definition) is 4. The van der Waals surface area contributed by atoms with Crippen LogP contribution in [0.15, 0.2) is 12.1 Å². The number of alkyl halides is 1. The van der Waals surface area contributed by atoms with Crippen LogP contribution in [-0.4, -0.2) is 21.8 Å². The summed E-state index contributed by atoms with van der Waals surface area (Å²) >= 11 is 3.32. The maximum Gasteiger partial charge on any atom is 0.406 e. The van der Waals surface area contributed by atoms with E-state index in [1.165, 1.54) is 0 Å². The Balaban J connectivity index is 2.82. The van der Waals surface area contributed by atoms with Gasteiger partial charge in [0.15, 0.2) is 0 Å². The maximum atomic E-state index is 10.7. The monoisotopic (exact) mass is 288 g/mol. The van der Waals surface area contributed by atoms with Crippen molar-refractivity contribution in [3.63, 3.8) is 0 Å². The predicted octanol–water partition coefficient (Wildman–Crippen LogP) is 2.71. The molecule has 0 aromatic carbocycles. The summed E-state index contributed by atoms with van der Waals surface area (Å²) in [5, 5.41) is 11.5. The van der Waals surface area contributed by atoms with Gasteiger partial charge in [0.1, 0.15) is 5.69 Å². The molecule has 0 aliphatic heterocycles. The van der Waals surface area contributed by atoms with Gasteiger partial charge in [-0.2, -0.15) is 0 Å². The van der Waals surface area contributed by atoms with E-state index in [1.54, 1.807) is 19.1 Å². The summed E-state index contributed by atoms with van der Waals surface area (Å²) in [6.45, 7) is 4.12. The Bertz CT molecular complexity index is 384. The van der Waals surface area contributed by atoms with E-state index in [2.05, 4.69) is 20.9 Å². The number of halogens is 1. The predicted molar refractivity (Wildman–Crippen MR) is 64.1 cm³/mol. The number of pyridine rings is 1. The largest absolute Gasteiger partial charge is 0.485 e. The molecule has 6 heteroatoms. The second kappa shape index (κ2) is 5.79. The smallest absolute Gasteiger partial charge is 0.406 e. The third kappa shape index (κ3) is 3.44. The van der Waals surface area contributed by atoms with Crippen LogP contribution < -0.4 is 4.74 Å². The van der Waals surface area contributed by atoms with Crippen molar-refractivity contribution in [3.05, 3.63) is 27.9 Å². The first-order valence-electron chi connectivity index (χ1n) is 4.85. The van der Waals surface area contributed by atoms with Crippen LogP contribution in [0.1, 0.15) is 12.6 Å². The van der Waals surface area contributed by atoms with E-state index < -0.39 is 4.92 Å². The van der Waals surface area contributed by atoms with Gasteiger partial charge in [-0.05, 0) is 28.0 Å². The van der Waals surface area contributed by atoms with Crippen molar-refractivity contribution in [2.24, 2.45) is 5.92 Å². The second-order valence-corrected chi connectivity index (χ2v) is 4.25. The van der Waals surface area contributed by atoms with Gasteiger partial charge in [0.05, 0.1) is 6.61 Å². The average molecular weight is 289 g/mol. The van der Waals surface area contributed by atoms with Gasteiger partial charge in [0, 0.05) is 12.3 Å². The van der Waals surface area contributed by atoms with Crippen molar-refractivity contribution in [1.82, 2.24) is 4.98 Å². The number of rotatable bonds is 5. The van der Waals surface area contributed by atoms with Gasteiger partial charge in [-0.1, -0.05) is 22.9 Å². The zero-order chi connectivity index (χ0) is 12.1. The highest BCUT2D eigenvalue weighted by atomic mass is 79.9. The summed E-state index contributed by atoms with van der Waals surface area (Å²) in [4.78, 5) is 14.1. The molecule has 88 valence electrons. The number of aromatic nitrogens is 1. The molecular weight excluding hydrogens is 276 g/mol. The van der Waals surface area contributed by atoms with Crippen LogP contribution in [0.3, 0.4) is 0 Å². The lowest BCUT2D eigenvalue weighted by atomic mass is 10.2. The topological polar surface area (TPSA) is 65.3 Å². The third-order valence-corrected chi connectivity index (χ3v) is 3.04. The van der Waals surface area contributed by atoms with Crippen LogP contribution >= 0.6 is 15.9 Å². The van der Waals surface area contributed by atoms with Gasteiger partial charge >= 0.3 is 5.82 Å². The zero-order valence-corrected chi connectivity index (χ0v) is 10.7. The minimum absolute atomic E-state index is 0.221. The summed E-state index contributed by atoms with van der Waals surface area (Å²) < 4.78 is 5.37. The third-order valence-electron chi connectivity index (χ3n) is 1.94. The highest BCUT2D eigenvalue weighted by Crippen LogP contribution is 2.24. The molecule has 5 nitrogen and oxygen atoms in total. The van der Waals surface area contributed by atoms with Gasteiger partial charge in [-0.3, -0.25) is 0 Å². The molecule has 0 saturated heterocycles. The molecule has 0 spiro atoms. The summed E-state index contributed by atoms with van der Waals surface area (Å²) in [5.41, 5.74) is 0.604. The fourth-order valence-electron chi connectivity index (χ4n) is 1.05. The zero-order valence-electron chi connectivity index (χ0n) is 9.14. The van der Waals surface area contributed by atoms with E-state index in [0.29, 0.717) is 18.2 Å². The SMILES string of the molecule is Cc1ccc(OCC(C)CBr)c([N+](=O)[O-])n1. The van der Waals surface area contributed by atoms with E-state index in [1.807, 2.05) is 6.92 Å². The maximum absolute atomic E-state index is 10.7. The summed E-state index contributed by atoms with van der Waals surface area (Å²) in [6, 6.07) is 3.28. The molecule has 0 bridgehead atoms. The van der Waals surface area contributed by atoms with Crippen LogP contribution in [0.4, 0.5) is 5.82 Å². The van der Waals surface area contributed by atoms with E-state index in [-0.39, 0.29) is 11.6 Å². The molecule has 1 aromatic heterocycles. The molecule has 0 radical (unpaired) electrons. The van der Waals surface area contributed by atoms with Crippen molar-refractivity contribution in [2.45, 2.75) is 13.8 Å². The lowest BCUT2D eigenvalue weighted by Gasteiger charge is -2.09.